The predicted molar refractivity (Wildman–Crippen MR) is 89.8 cm³/mol. The summed E-state index contributed by atoms with van der Waals surface area (Å²) < 4.78 is 12.0. The van der Waals surface area contributed by atoms with Gasteiger partial charge in [0.15, 0.2) is 0 Å². The summed E-state index contributed by atoms with van der Waals surface area (Å²) in [6, 6.07) is 14.2. The van der Waals surface area contributed by atoms with E-state index in [-0.39, 0.29) is 0 Å². The van der Waals surface area contributed by atoms with Crippen molar-refractivity contribution in [3.8, 4) is 5.75 Å². The number of benzene rings is 2. The standard InChI is InChI=1S/C17H20BrNO2/c1-3-21-17-10-5-4-7-13(17)11-19-16-9-6-8-15(18)14(16)12-20-2/h4-10,19H,3,11-12H2,1-2H3. The van der Waals surface area contributed by atoms with Crippen LogP contribution in [0, 0.1) is 0 Å². The molecule has 1 N–H and O–H groups in total. The molecule has 0 aliphatic rings. The van der Waals surface area contributed by atoms with E-state index >= 15 is 0 Å². The highest BCUT2D eigenvalue weighted by Gasteiger charge is 2.08. The monoisotopic (exact) mass is 349 g/mol. The molecule has 0 spiro atoms. The van der Waals surface area contributed by atoms with Gasteiger partial charge in [-0.05, 0) is 25.1 Å². The Bertz CT molecular complexity index is 587. The molecule has 0 unspecified atom stereocenters. The molecule has 0 aliphatic carbocycles. The molecule has 0 fully saturated rings. The quantitative estimate of drug-likeness (QED) is 0.791. The number of nitrogens with one attached hydrogen (secondary N) is 1. The summed E-state index contributed by atoms with van der Waals surface area (Å²) in [7, 11) is 1.70. The van der Waals surface area contributed by atoms with Gasteiger partial charge in [-0.25, -0.2) is 0 Å². The van der Waals surface area contributed by atoms with Gasteiger partial charge in [0, 0.05) is 34.9 Å². The third-order valence-electron chi connectivity index (χ3n) is 3.15. The molecule has 2 aromatic carbocycles. The molecule has 112 valence electrons. The average molecular weight is 350 g/mol. The van der Waals surface area contributed by atoms with Crippen molar-refractivity contribution >= 4 is 21.6 Å². The number of ether oxygens (including phenoxy) is 2. The van der Waals surface area contributed by atoms with Crippen molar-refractivity contribution in [3.05, 3.63) is 58.1 Å². The molecular formula is C17H20BrNO2. The van der Waals surface area contributed by atoms with Crippen LogP contribution in [0.25, 0.3) is 0 Å². The first-order valence-corrected chi connectivity index (χ1v) is 7.76. The summed E-state index contributed by atoms with van der Waals surface area (Å²) in [5.41, 5.74) is 3.33. The van der Waals surface area contributed by atoms with Gasteiger partial charge in [0.25, 0.3) is 0 Å². The third kappa shape index (κ3) is 4.22. The van der Waals surface area contributed by atoms with Crippen LogP contribution in [0.1, 0.15) is 18.1 Å². The van der Waals surface area contributed by atoms with Gasteiger partial charge in [-0.2, -0.15) is 0 Å². The maximum atomic E-state index is 5.65. The molecule has 0 aromatic heterocycles. The van der Waals surface area contributed by atoms with E-state index in [1.54, 1.807) is 7.11 Å². The molecule has 0 radical (unpaired) electrons. The Balaban J connectivity index is 2.15. The van der Waals surface area contributed by atoms with Crippen LogP contribution in [0.15, 0.2) is 46.9 Å². The normalized spacial score (nSPS) is 10.4. The summed E-state index contributed by atoms with van der Waals surface area (Å²) >= 11 is 3.57. The van der Waals surface area contributed by atoms with Crippen molar-refractivity contribution < 1.29 is 9.47 Å². The molecule has 21 heavy (non-hydrogen) atoms. The fraction of sp³-hybridized carbons (Fsp3) is 0.294. The summed E-state index contributed by atoms with van der Waals surface area (Å²) in [4.78, 5) is 0. The lowest BCUT2D eigenvalue weighted by atomic mass is 10.1. The van der Waals surface area contributed by atoms with Gasteiger partial charge < -0.3 is 14.8 Å². The van der Waals surface area contributed by atoms with Gasteiger partial charge in [-0.3, -0.25) is 0 Å². The second kappa shape index (κ2) is 8.05. The first-order valence-electron chi connectivity index (χ1n) is 6.97. The van der Waals surface area contributed by atoms with E-state index < -0.39 is 0 Å². The third-order valence-corrected chi connectivity index (χ3v) is 3.89. The molecule has 0 saturated carbocycles. The lowest BCUT2D eigenvalue weighted by molar-refractivity contribution is 0.185. The van der Waals surface area contributed by atoms with E-state index in [9.17, 15) is 0 Å². The second-order valence-corrected chi connectivity index (χ2v) is 5.45. The number of rotatable bonds is 7. The molecule has 3 nitrogen and oxygen atoms in total. The zero-order valence-electron chi connectivity index (χ0n) is 12.4. The summed E-state index contributed by atoms with van der Waals surface area (Å²) in [6.07, 6.45) is 0. The van der Waals surface area contributed by atoms with Crippen molar-refractivity contribution in [2.75, 3.05) is 19.0 Å². The number of halogens is 1. The lowest BCUT2D eigenvalue weighted by Gasteiger charge is -2.15. The van der Waals surface area contributed by atoms with E-state index in [1.165, 1.54) is 0 Å². The molecule has 0 atom stereocenters. The van der Waals surface area contributed by atoms with Crippen molar-refractivity contribution in [1.82, 2.24) is 0 Å². The molecule has 0 amide bonds. The largest absolute Gasteiger partial charge is 0.494 e. The SMILES string of the molecule is CCOc1ccccc1CNc1cccc(Br)c1COC. The molecule has 2 aromatic rings. The Kier molecular flexibility index (Phi) is 6.08. The zero-order valence-corrected chi connectivity index (χ0v) is 13.9. The molecule has 2 rings (SSSR count). The smallest absolute Gasteiger partial charge is 0.124 e. The van der Waals surface area contributed by atoms with Crippen molar-refractivity contribution in [3.63, 3.8) is 0 Å². The minimum atomic E-state index is 0.566. The van der Waals surface area contributed by atoms with Crippen LogP contribution < -0.4 is 10.1 Å². The van der Waals surface area contributed by atoms with Crippen LogP contribution in [-0.4, -0.2) is 13.7 Å². The van der Waals surface area contributed by atoms with E-state index in [1.807, 2.05) is 37.3 Å². The van der Waals surface area contributed by atoms with E-state index in [4.69, 9.17) is 9.47 Å². The molecule has 0 heterocycles. The highest BCUT2D eigenvalue weighted by Crippen LogP contribution is 2.27. The van der Waals surface area contributed by atoms with Crippen molar-refractivity contribution in [2.45, 2.75) is 20.1 Å². The van der Waals surface area contributed by atoms with Crippen LogP contribution in [0.3, 0.4) is 0 Å². The zero-order chi connectivity index (χ0) is 15.1. The Hall–Kier alpha value is -1.52. The van der Waals surface area contributed by atoms with Crippen molar-refractivity contribution in [1.29, 1.82) is 0 Å². The van der Waals surface area contributed by atoms with Crippen molar-refractivity contribution in [2.24, 2.45) is 0 Å². The summed E-state index contributed by atoms with van der Waals surface area (Å²) in [5.74, 6) is 0.927. The van der Waals surface area contributed by atoms with Crippen LogP contribution in [0.2, 0.25) is 0 Å². The van der Waals surface area contributed by atoms with Crippen LogP contribution >= 0.6 is 15.9 Å². The Morgan fingerprint density at radius 2 is 1.90 bits per heavy atom. The van der Waals surface area contributed by atoms with Gasteiger partial charge in [0.2, 0.25) is 0 Å². The molecule has 0 bridgehead atoms. The summed E-state index contributed by atoms with van der Waals surface area (Å²) in [6.45, 7) is 3.94. The van der Waals surface area contributed by atoms with Gasteiger partial charge in [0.05, 0.1) is 13.2 Å². The first-order chi connectivity index (χ1) is 10.3. The van der Waals surface area contributed by atoms with Crippen LogP contribution in [-0.2, 0) is 17.9 Å². The Morgan fingerprint density at radius 1 is 1.10 bits per heavy atom. The van der Waals surface area contributed by atoms with Gasteiger partial charge in [0.1, 0.15) is 5.75 Å². The number of hydrogen-bond acceptors (Lipinski definition) is 3. The Morgan fingerprint density at radius 3 is 2.67 bits per heavy atom. The highest BCUT2D eigenvalue weighted by molar-refractivity contribution is 9.10. The molecule has 0 saturated heterocycles. The van der Waals surface area contributed by atoms with E-state index in [2.05, 4.69) is 33.4 Å². The topological polar surface area (TPSA) is 30.5 Å². The number of hydrogen-bond donors (Lipinski definition) is 1. The highest BCUT2D eigenvalue weighted by atomic mass is 79.9. The van der Waals surface area contributed by atoms with Crippen LogP contribution in [0.5, 0.6) is 5.75 Å². The fourth-order valence-electron chi connectivity index (χ4n) is 2.15. The molecule has 4 heteroatoms. The number of para-hydroxylation sites is 1. The first kappa shape index (κ1) is 15.9. The van der Waals surface area contributed by atoms with E-state index in [0.29, 0.717) is 19.8 Å². The van der Waals surface area contributed by atoms with Gasteiger partial charge in [-0.1, -0.05) is 40.2 Å². The average Bonchev–Trinajstić information content (AvgIpc) is 2.50. The number of anilines is 1. The lowest BCUT2D eigenvalue weighted by Crippen LogP contribution is -2.05. The summed E-state index contributed by atoms with van der Waals surface area (Å²) in [5, 5.41) is 3.46. The predicted octanol–water partition coefficient (Wildman–Crippen LogP) is 4.61. The molecule has 0 aliphatic heterocycles. The molecular weight excluding hydrogens is 330 g/mol. The minimum Gasteiger partial charge on any atom is -0.494 e. The second-order valence-electron chi connectivity index (χ2n) is 4.59. The van der Waals surface area contributed by atoms with Crippen LogP contribution in [0.4, 0.5) is 5.69 Å². The maximum absolute atomic E-state index is 5.65. The number of methoxy groups -OCH3 is 1. The minimum absolute atomic E-state index is 0.566. The van der Waals surface area contributed by atoms with Gasteiger partial charge in [-0.15, -0.1) is 0 Å². The Labute approximate surface area is 134 Å². The van der Waals surface area contributed by atoms with Gasteiger partial charge >= 0.3 is 0 Å². The maximum Gasteiger partial charge on any atom is 0.124 e. The fourth-order valence-corrected chi connectivity index (χ4v) is 2.63. The van der Waals surface area contributed by atoms with E-state index in [0.717, 1.165) is 27.0 Å².